The molecule has 18 rings (SSSR count). The van der Waals surface area contributed by atoms with Gasteiger partial charge in [0.1, 0.15) is 12.1 Å². The van der Waals surface area contributed by atoms with Gasteiger partial charge in [-0.25, -0.2) is 0 Å². The molecule has 0 aliphatic heterocycles. The monoisotopic (exact) mass is 1070 g/mol. The van der Waals surface area contributed by atoms with Gasteiger partial charge in [0.15, 0.2) is 0 Å². The van der Waals surface area contributed by atoms with E-state index >= 15 is 0 Å². The van der Waals surface area contributed by atoms with Crippen LogP contribution in [0.3, 0.4) is 0 Å². The summed E-state index contributed by atoms with van der Waals surface area (Å²) in [7, 11) is 0. The number of para-hydroxylation sites is 6. The quantitative estimate of drug-likeness (QED) is 0.161. The molecule has 6 nitrogen and oxygen atoms in total. The minimum absolute atomic E-state index is 0.268. The standard InChI is InChI=1S/C76H42N6S/c77-43-60-61(44-78)72(82-68-37-18-30-57(48-29-17-28-47-46-20-2-1-19-45(46)39-40-49(47)48)70(68)59-42-41-58-56-27-9-16-38-69(56)83-76(58)73(59)82)75(81-66-35-14-7-25-54(66)55-26-8-15-36-67(55)81)74(80-64-33-12-5-23-52(64)53-24-6-13-34-65(53)80)71(60)79-62-31-10-3-21-50(62)51-22-4-11-32-63(51)79/h1-42H. The van der Waals surface area contributed by atoms with Gasteiger partial charge in [-0.05, 0) is 81.2 Å². The number of fused-ring (bicyclic) bond motifs is 19. The molecule has 7 heteroatoms. The molecule has 0 N–H and O–H groups in total. The van der Waals surface area contributed by atoms with E-state index in [1.165, 1.54) is 26.2 Å². The van der Waals surface area contributed by atoms with Gasteiger partial charge in [-0.15, -0.1) is 11.3 Å². The van der Waals surface area contributed by atoms with Gasteiger partial charge >= 0.3 is 0 Å². The Labute approximate surface area is 478 Å². The molecule has 5 heterocycles. The minimum atomic E-state index is 0.268. The number of benzene rings is 13. The number of nitriles is 2. The topological polar surface area (TPSA) is 67.3 Å². The Morgan fingerprint density at radius 1 is 0.265 bits per heavy atom. The number of hydrogen-bond acceptors (Lipinski definition) is 3. The highest BCUT2D eigenvalue weighted by Crippen LogP contribution is 2.52. The molecular weight excluding hydrogens is 1030 g/mol. The van der Waals surface area contributed by atoms with Crippen LogP contribution >= 0.6 is 11.3 Å². The molecule has 0 saturated carbocycles. The fraction of sp³-hybridized carbons (Fsp3) is 0. The Hall–Kier alpha value is -11.2. The summed E-state index contributed by atoms with van der Waals surface area (Å²) in [5.41, 5.74) is 13.1. The highest BCUT2D eigenvalue weighted by atomic mass is 32.1. The Bertz CT molecular complexity index is 5820. The zero-order valence-corrected chi connectivity index (χ0v) is 45.2. The van der Waals surface area contributed by atoms with Crippen LogP contribution in [0.15, 0.2) is 255 Å². The van der Waals surface area contributed by atoms with Crippen molar-refractivity contribution in [2.45, 2.75) is 0 Å². The van der Waals surface area contributed by atoms with Gasteiger partial charge in [0, 0.05) is 58.6 Å². The second kappa shape index (κ2) is 17.1. The summed E-state index contributed by atoms with van der Waals surface area (Å²) < 4.78 is 11.7. The first-order chi connectivity index (χ1) is 41.2. The maximum atomic E-state index is 12.7. The SMILES string of the molecule is N#Cc1c(C#N)c(-n2c3cccc(-c4cccc5c4ccc4ccccc45)c3c3ccc4c5ccccc5sc4c32)c(-n2c3ccccc3c3ccccc32)c(-n2c3ccccc3c3ccccc32)c1-n1c2ccccc2c2ccccc21. The molecule has 0 atom stereocenters. The molecule has 0 radical (unpaired) electrons. The molecule has 13 aromatic carbocycles. The molecule has 382 valence electrons. The second-order valence-electron chi connectivity index (χ2n) is 21.6. The van der Waals surface area contributed by atoms with Gasteiger partial charge in [-0.1, -0.05) is 206 Å². The summed E-state index contributed by atoms with van der Waals surface area (Å²) in [6.07, 6.45) is 0. The summed E-state index contributed by atoms with van der Waals surface area (Å²) >= 11 is 1.78. The van der Waals surface area contributed by atoms with Crippen molar-refractivity contribution in [2.75, 3.05) is 0 Å². The van der Waals surface area contributed by atoms with Crippen molar-refractivity contribution < 1.29 is 0 Å². The third-order valence-corrected chi connectivity index (χ3v) is 18.8. The normalized spacial score (nSPS) is 12.1. The van der Waals surface area contributed by atoms with Gasteiger partial charge in [-0.3, -0.25) is 0 Å². The Balaban J connectivity index is 1.15. The van der Waals surface area contributed by atoms with Crippen LogP contribution in [0.25, 0.3) is 163 Å². The van der Waals surface area contributed by atoms with E-state index in [1.807, 2.05) is 0 Å². The summed E-state index contributed by atoms with van der Waals surface area (Å²) in [6, 6.07) is 96.9. The first-order valence-corrected chi connectivity index (χ1v) is 28.8. The van der Waals surface area contributed by atoms with Crippen molar-refractivity contribution in [1.82, 2.24) is 18.3 Å². The van der Waals surface area contributed by atoms with Gasteiger partial charge in [0.05, 0.1) is 82.7 Å². The van der Waals surface area contributed by atoms with Crippen molar-refractivity contribution >= 4 is 140 Å². The lowest BCUT2D eigenvalue weighted by Gasteiger charge is -2.27. The predicted octanol–water partition coefficient (Wildman–Crippen LogP) is 20.2. The lowest BCUT2D eigenvalue weighted by molar-refractivity contribution is 1.01. The smallest absolute Gasteiger partial charge is 0.103 e. The molecule has 0 fully saturated rings. The van der Waals surface area contributed by atoms with Crippen LogP contribution in [0.5, 0.6) is 0 Å². The molecule has 0 unspecified atom stereocenters. The number of nitrogens with zero attached hydrogens (tertiary/aromatic N) is 6. The molecule has 0 amide bonds. The third-order valence-electron chi connectivity index (χ3n) is 17.6. The molecule has 0 spiro atoms. The Morgan fingerprint density at radius 2 is 0.651 bits per heavy atom. The highest BCUT2D eigenvalue weighted by Gasteiger charge is 2.35. The summed E-state index contributed by atoms with van der Waals surface area (Å²) in [6.45, 7) is 0. The van der Waals surface area contributed by atoms with Crippen LogP contribution in [-0.2, 0) is 0 Å². The number of rotatable bonds is 5. The zero-order valence-electron chi connectivity index (χ0n) is 44.3. The van der Waals surface area contributed by atoms with Gasteiger partial charge in [-0.2, -0.15) is 10.5 Å². The molecule has 18 aromatic rings. The van der Waals surface area contributed by atoms with Crippen molar-refractivity contribution in [3.63, 3.8) is 0 Å². The van der Waals surface area contributed by atoms with E-state index in [1.54, 1.807) is 11.3 Å². The molecule has 0 bridgehead atoms. The van der Waals surface area contributed by atoms with E-state index < -0.39 is 0 Å². The van der Waals surface area contributed by atoms with Gasteiger partial charge < -0.3 is 18.3 Å². The third kappa shape index (κ3) is 6.07. The lowest BCUT2D eigenvalue weighted by Crippen LogP contribution is -2.17. The molecule has 83 heavy (non-hydrogen) atoms. The summed E-state index contributed by atoms with van der Waals surface area (Å²) in [5.74, 6) is 0. The summed E-state index contributed by atoms with van der Waals surface area (Å²) in [4.78, 5) is 0. The minimum Gasteiger partial charge on any atom is -0.306 e. The number of hydrogen-bond donors (Lipinski definition) is 0. The van der Waals surface area contributed by atoms with Crippen LogP contribution in [-0.4, -0.2) is 18.3 Å². The van der Waals surface area contributed by atoms with Crippen molar-refractivity contribution in [3.8, 4) is 46.0 Å². The lowest BCUT2D eigenvalue weighted by atomic mass is 9.92. The van der Waals surface area contributed by atoms with Crippen LogP contribution in [0.1, 0.15) is 11.1 Å². The molecular formula is C76H42N6S. The first-order valence-electron chi connectivity index (χ1n) is 28.0. The van der Waals surface area contributed by atoms with E-state index in [0.29, 0.717) is 11.4 Å². The largest absolute Gasteiger partial charge is 0.306 e. The van der Waals surface area contributed by atoms with Crippen LogP contribution < -0.4 is 0 Å². The Morgan fingerprint density at radius 3 is 1.18 bits per heavy atom. The van der Waals surface area contributed by atoms with Crippen LogP contribution in [0.2, 0.25) is 0 Å². The van der Waals surface area contributed by atoms with Crippen molar-refractivity contribution in [2.24, 2.45) is 0 Å². The van der Waals surface area contributed by atoms with E-state index in [2.05, 4.69) is 285 Å². The van der Waals surface area contributed by atoms with Gasteiger partial charge in [0.25, 0.3) is 0 Å². The van der Waals surface area contributed by atoms with E-state index in [0.717, 1.165) is 125 Å². The number of thiophene rings is 1. The fourth-order valence-corrected chi connectivity index (χ4v) is 15.6. The second-order valence-corrected chi connectivity index (χ2v) is 22.7. The van der Waals surface area contributed by atoms with Crippen LogP contribution in [0.4, 0.5) is 0 Å². The van der Waals surface area contributed by atoms with Crippen molar-refractivity contribution in [3.05, 3.63) is 266 Å². The molecule has 0 saturated heterocycles. The molecule has 5 aromatic heterocycles. The predicted molar refractivity (Wildman–Crippen MR) is 347 cm³/mol. The van der Waals surface area contributed by atoms with E-state index in [-0.39, 0.29) is 11.1 Å². The molecule has 0 aliphatic carbocycles. The summed E-state index contributed by atoms with van der Waals surface area (Å²) in [5, 5.41) is 40.7. The van der Waals surface area contributed by atoms with E-state index in [4.69, 9.17) is 0 Å². The average molecular weight is 1070 g/mol. The molecule has 0 aliphatic rings. The van der Waals surface area contributed by atoms with Crippen LogP contribution in [0, 0.1) is 22.7 Å². The Kier molecular flexibility index (Phi) is 9.42. The fourth-order valence-electron chi connectivity index (χ4n) is 14.3. The van der Waals surface area contributed by atoms with Crippen molar-refractivity contribution in [1.29, 1.82) is 10.5 Å². The zero-order chi connectivity index (χ0) is 54.6. The average Bonchev–Trinajstić information content (AvgIpc) is 2.39. The first kappa shape index (κ1) is 45.6. The maximum Gasteiger partial charge on any atom is 0.103 e. The maximum absolute atomic E-state index is 12.7. The number of aromatic nitrogens is 4. The highest BCUT2D eigenvalue weighted by molar-refractivity contribution is 7.26. The van der Waals surface area contributed by atoms with Gasteiger partial charge in [0.2, 0.25) is 0 Å². The van der Waals surface area contributed by atoms with E-state index in [9.17, 15) is 10.5 Å².